The van der Waals surface area contributed by atoms with E-state index in [1.54, 1.807) is 0 Å². The van der Waals surface area contributed by atoms with Crippen LogP contribution in [-0.2, 0) is 0 Å². The molecule has 0 aromatic heterocycles. The molecule has 0 N–H and O–H groups in total. The summed E-state index contributed by atoms with van der Waals surface area (Å²) >= 11 is 0. The molecular formula is C41H37N. The van der Waals surface area contributed by atoms with Crippen LogP contribution in [0.2, 0.25) is 0 Å². The zero-order chi connectivity index (χ0) is 29.6. The molecule has 0 fully saturated rings. The second-order valence-corrected chi connectivity index (χ2v) is 10.9. The highest BCUT2D eigenvalue weighted by Gasteiger charge is 2.22. The minimum atomic E-state index is 0.710. The number of aliphatic imine (C=N–C) groups is 1. The first-order chi connectivity index (χ1) is 20.4. The molecule has 0 saturated heterocycles. The Balaban J connectivity index is 1.77. The molecule has 0 unspecified atom stereocenters. The summed E-state index contributed by atoms with van der Waals surface area (Å²) in [6.45, 7) is 13.2. The van der Waals surface area contributed by atoms with Crippen molar-refractivity contribution in [2.75, 3.05) is 0 Å². The van der Waals surface area contributed by atoms with E-state index >= 15 is 0 Å². The number of rotatable bonds is 7. The minimum Gasteiger partial charge on any atom is -0.248 e. The van der Waals surface area contributed by atoms with Crippen LogP contribution in [0.15, 0.2) is 126 Å². The lowest BCUT2D eigenvalue weighted by atomic mass is 9.81. The van der Waals surface area contributed by atoms with Gasteiger partial charge in [-0.15, -0.1) is 6.42 Å². The Kier molecular flexibility index (Phi) is 8.66. The van der Waals surface area contributed by atoms with Gasteiger partial charge in [0.1, 0.15) is 0 Å². The molecule has 0 radical (unpaired) electrons. The van der Waals surface area contributed by atoms with Crippen LogP contribution in [0.3, 0.4) is 0 Å². The van der Waals surface area contributed by atoms with Gasteiger partial charge in [-0.05, 0) is 103 Å². The minimum absolute atomic E-state index is 0.710. The SMILES string of the molecule is C#Cc1c(C2=C(C)C=CCC2)cc(C(=C)N=C(/C=C(\C)c2ccccc2)c2ccccc2)c(-c2ccccc2C)c1C. The van der Waals surface area contributed by atoms with Crippen molar-refractivity contribution in [3.05, 3.63) is 160 Å². The first-order valence-electron chi connectivity index (χ1n) is 14.5. The zero-order valence-electron chi connectivity index (χ0n) is 25.0. The maximum Gasteiger partial charge on any atom is 0.0712 e. The van der Waals surface area contributed by atoms with Crippen LogP contribution in [0.25, 0.3) is 28.0 Å². The van der Waals surface area contributed by atoms with Crippen LogP contribution in [0.5, 0.6) is 0 Å². The molecule has 0 aliphatic heterocycles. The Hall–Kier alpha value is -4.93. The van der Waals surface area contributed by atoms with Gasteiger partial charge in [0.2, 0.25) is 0 Å². The van der Waals surface area contributed by atoms with Gasteiger partial charge in [0.25, 0.3) is 0 Å². The van der Waals surface area contributed by atoms with Crippen LogP contribution in [0.4, 0.5) is 0 Å². The predicted octanol–water partition coefficient (Wildman–Crippen LogP) is 10.6. The third kappa shape index (κ3) is 5.90. The van der Waals surface area contributed by atoms with Crippen LogP contribution in [0.1, 0.15) is 65.6 Å². The number of aryl methyl sites for hydroxylation is 1. The molecule has 1 aliphatic carbocycles. The van der Waals surface area contributed by atoms with E-state index in [1.807, 2.05) is 24.3 Å². The Bertz CT molecular complexity index is 1800. The number of terminal acetylenes is 1. The normalized spacial score (nSPS) is 13.7. The van der Waals surface area contributed by atoms with Gasteiger partial charge in [0, 0.05) is 16.7 Å². The first-order valence-corrected chi connectivity index (χ1v) is 14.5. The van der Waals surface area contributed by atoms with Crippen LogP contribution < -0.4 is 0 Å². The Morgan fingerprint density at radius 1 is 0.857 bits per heavy atom. The van der Waals surface area contributed by atoms with Crippen molar-refractivity contribution in [2.45, 2.75) is 40.5 Å². The maximum absolute atomic E-state index is 6.23. The molecule has 42 heavy (non-hydrogen) atoms. The monoisotopic (exact) mass is 543 g/mol. The summed E-state index contributed by atoms with van der Waals surface area (Å²) in [6.07, 6.45) is 14.8. The average molecular weight is 544 g/mol. The summed E-state index contributed by atoms with van der Waals surface area (Å²) in [5.74, 6) is 3.06. The van der Waals surface area contributed by atoms with E-state index in [1.165, 1.54) is 16.7 Å². The molecular weight excluding hydrogens is 506 g/mol. The highest BCUT2D eigenvalue weighted by atomic mass is 14.8. The topological polar surface area (TPSA) is 12.4 Å². The van der Waals surface area contributed by atoms with Crippen molar-refractivity contribution in [1.82, 2.24) is 0 Å². The van der Waals surface area contributed by atoms with Gasteiger partial charge in [0.15, 0.2) is 0 Å². The maximum atomic E-state index is 6.23. The lowest BCUT2D eigenvalue weighted by Crippen LogP contribution is -2.05. The fourth-order valence-electron chi connectivity index (χ4n) is 5.79. The third-order valence-corrected chi connectivity index (χ3v) is 8.08. The molecule has 5 rings (SSSR count). The van der Waals surface area contributed by atoms with Crippen molar-refractivity contribution in [3.63, 3.8) is 0 Å². The molecule has 1 heteroatoms. The predicted molar refractivity (Wildman–Crippen MR) is 182 cm³/mol. The fraction of sp³-hybridized carbons (Fsp3) is 0.146. The van der Waals surface area contributed by atoms with E-state index in [4.69, 9.17) is 11.4 Å². The smallest absolute Gasteiger partial charge is 0.0712 e. The third-order valence-electron chi connectivity index (χ3n) is 8.08. The van der Waals surface area contributed by atoms with Crippen molar-refractivity contribution < 1.29 is 0 Å². The first kappa shape index (κ1) is 28.6. The quantitative estimate of drug-likeness (QED) is 0.162. The summed E-state index contributed by atoms with van der Waals surface area (Å²) in [7, 11) is 0. The van der Waals surface area contributed by atoms with E-state index < -0.39 is 0 Å². The van der Waals surface area contributed by atoms with Crippen molar-refractivity contribution >= 4 is 22.6 Å². The summed E-state index contributed by atoms with van der Waals surface area (Å²) in [5, 5.41) is 0. The van der Waals surface area contributed by atoms with Crippen molar-refractivity contribution in [2.24, 2.45) is 4.99 Å². The summed E-state index contributed by atoms with van der Waals surface area (Å²) in [5.41, 5.74) is 15.1. The zero-order valence-corrected chi connectivity index (χ0v) is 25.0. The fourth-order valence-corrected chi connectivity index (χ4v) is 5.79. The molecule has 4 aromatic rings. The van der Waals surface area contributed by atoms with Gasteiger partial charge < -0.3 is 0 Å². The number of benzene rings is 4. The van der Waals surface area contributed by atoms with Crippen molar-refractivity contribution in [3.8, 4) is 23.5 Å². The summed E-state index contributed by atoms with van der Waals surface area (Å²) in [4.78, 5) is 5.26. The molecule has 0 heterocycles. The van der Waals surface area contributed by atoms with E-state index in [0.29, 0.717) is 5.70 Å². The lowest BCUT2D eigenvalue weighted by molar-refractivity contribution is 1.03. The molecule has 1 nitrogen and oxygen atoms in total. The lowest BCUT2D eigenvalue weighted by Gasteiger charge is -2.23. The standard InChI is InChI=1S/C41H37N/c1-7-35-31(5)41(37-25-17-15-19-29(37)3)38(27-39(35)36-24-16-14-18-28(36)2)32(6)42-40(34-22-12-9-13-23-34)26-30(4)33-20-10-8-11-21-33/h1,8-15,17-23,25-27H,6,16,24H2,2-5H3/b30-26+,42-40?. The second kappa shape index (κ2) is 12.7. The average Bonchev–Trinajstić information content (AvgIpc) is 3.02. The van der Waals surface area contributed by atoms with Crippen LogP contribution in [-0.4, -0.2) is 5.71 Å². The van der Waals surface area contributed by atoms with Gasteiger partial charge in [-0.3, -0.25) is 0 Å². The molecule has 0 amide bonds. The van der Waals surface area contributed by atoms with Gasteiger partial charge in [-0.25, -0.2) is 4.99 Å². The molecule has 0 saturated carbocycles. The number of nitrogens with zero attached hydrogens (tertiary/aromatic N) is 1. The number of hydrogen-bond donors (Lipinski definition) is 0. The Morgan fingerprint density at radius 2 is 1.50 bits per heavy atom. The van der Waals surface area contributed by atoms with Gasteiger partial charge in [-0.2, -0.15) is 0 Å². The van der Waals surface area contributed by atoms with E-state index in [0.717, 1.165) is 68.6 Å². The molecule has 1 aliphatic rings. The Morgan fingerprint density at radius 3 is 2.14 bits per heavy atom. The molecule has 0 atom stereocenters. The largest absolute Gasteiger partial charge is 0.248 e. The molecule has 4 aromatic carbocycles. The molecule has 0 spiro atoms. The van der Waals surface area contributed by atoms with Gasteiger partial charge >= 0.3 is 0 Å². The van der Waals surface area contributed by atoms with E-state index in [9.17, 15) is 0 Å². The highest BCUT2D eigenvalue weighted by molar-refractivity contribution is 6.14. The highest BCUT2D eigenvalue weighted by Crippen LogP contribution is 2.41. The summed E-state index contributed by atoms with van der Waals surface area (Å²) < 4.78 is 0. The number of hydrogen-bond acceptors (Lipinski definition) is 1. The van der Waals surface area contributed by atoms with Gasteiger partial charge in [0.05, 0.1) is 11.4 Å². The van der Waals surface area contributed by atoms with Crippen LogP contribution in [0, 0.1) is 26.2 Å². The summed E-state index contributed by atoms with van der Waals surface area (Å²) in [6, 6.07) is 31.5. The Labute approximate surface area is 251 Å². The number of allylic oxidation sites excluding steroid dienone is 6. The molecule has 206 valence electrons. The van der Waals surface area contributed by atoms with Crippen molar-refractivity contribution in [1.29, 1.82) is 0 Å². The molecule has 0 bridgehead atoms. The van der Waals surface area contributed by atoms with Gasteiger partial charge in [-0.1, -0.05) is 110 Å². The van der Waals surface area contributed by atoms with Crippen LogP contribution >= 0.6 is 0 Å². The second-order valence-electron chi connectivity index (χ2n) is 10.9. The van der Waals surface area contributed by atoms with E-state index in [-0.39, 0.29) is 0 Å². The van der Waals surface area contributed by atoms with E-state index in [2.05, 4.69) is 125 Å².